The van der Waals surface area contributed by atoms with Crippen molar-refractivity contribution in [2.24, 2.45) is 0 Å². The van der Waals surface area contributed by atoms with Crippen LogP contribution in [-0.4, -0.2) is 28.5 Å². The molecule has 1 amide bonds. The van der Waals surface area contributed by atoms with E-state index in [-0.39, 0.29) is 30.1 Å². The van der Waals surface area contributed by atoms with Crippen molar-refractivity contribution in [2.75, 3.05) is 12.3 Å². The number of halogens is 3. The number of rotatable bonds is 6. The lowest BCUT2D eigenvalue weighted by molar-refractivity contribution is -0.139. The van der Waals surface area contributed by atoms with Gasteiger partial charge in [0.25, 0.3) is 5.91 Å². The molecule has 0 atom stereocenters. The molecular weight excluding hydrogens is 403 g/mol. The van der Waals surface area contributed by atoms with Crippen molar-refractivity contribution >= 4 is 28.6 Å². The second-order valence-electron chi connectivity index (χ2n) is 6.27. The van der Waals surface area contributed by atoms with E-state index in [1.54, 1.807) is 24.3 Å². The van der Waals surface area contributed by atoms with Crippen LogP contribution >= 0.6 is 0 Å². The maximum absolute atomic E-state index is 13.6. The molecule has 0 saturated carbocycles. The predicted molar refractivity (Wildman–Crippen MR) is 102 cm³/mol. The number of carbonyl (C=O) groups is 2. The zero-order valence-electron chi connectivity index (χ0n) is 15.4. The fraction of sp³-hybridized carbons (Fsp3) is 0.150. The Hall–Kier alpha value is -3.82. The molecule has 0 aliphatic carbocycles. The molecule has 156 valence electrons. The maximum atomic E-state index is 13.6. The lowest BCUT2D eigenvalue weighted by Crippen LogP contribution is -2.26. The lowest BCUT2D eigenvalue weighted by atomic mass is 10.1. The molecule has 0 aliphatic rings. The van der Waals surface area contributed by atoms with Crippen LogP contribution in [0, 0.1) is 0 Å². The Kier molecular flexibility index (Phi) is 5.77. The largest absolute Gasteiger partial charge is 0.481 e. The van der Waals surface area contributed by atoms with Crippen LogP contribution in [0.4, 0.5) is 19.0 Å². The second kappa shape index (κ2) is 8.27. The minimum Gasteiger partial charge on any atom is -0.481 e. The Morgan fingerprint density at radius 2 is 1.87 bits per heavy atom. The van der Waals surface area contributed by atoms with Gasteiger partial charge in [0, 0.05) is 17.5 Å². The molecule has 10 heteroatoms. The van der Waals surface area contributed by atoms with Crippen LogP contribution in [0.2, 0.25) is 0 Å². The van der Waals surface area contributed by atoms with Gasteiger partial charge in [-0.1, -0.05) is 12.1 Å². The number of alkyl halides is 3. The van der Waals surface area contributed by atoms with Crippen LogP contribution in [0.25, 0.3) is 10.9 Å². The Labute approximate surface area is 168 Å². The van der Waals surface area contributed by atoms with Crippen molar-refractivity contribution in [3.05, 3.63) is 59.7 Å². The first-order valence-corrected chi connectivity index (χ1v) is 8.69. The van der Waals surface area contributed by atoms with Gasteiger partial charge in [0.05, 0.1) is 12.0 Å². The molecule has 2 aromatic carbocycles. The molecule has 0 bridgehead atoms. The number of fused-ring (bicyclic) bond motifs is 1. The van der Waals surface area contributed by atoms with E-state index in [4.69, 9.17) is 15.6 Å². The zero-order chi connectivity index (χ0) is 21.9. The van der Waals surface area contributed by atoms with Gasteiger partial charge in [-0.25, -0.2) is 4.98 Å². The third-order valence-corrected chi connectivity index (χ3v) is 4.10. The number of nitrogens with one attached hydrogen (secondary N) is 1. The van der Waals surface area contributed by atoms with Crippen LogP contribution in [-0.2, 0) is 11.0 Å². The molecule has 3 rings (SSSR count). The van der Waals surface area contributed by atoms with Crippen molar-refractivity contribution in [3.63, 3.8) is 0 Å². The fourth-order valence-electron chi connectivity index (χ4n) is 2.70. The SMILES string of the molecule is Nc1ccc2cccc(Oc3ccc(C(=O)NCCC(=O)O)cc3C(F)(F)F)c2n1. The number of amides is 1. The summed E-state index contributed by atoms with van der Waals surface area (Å²) in [6.07, 6.45) is -5.15. The summed E-state index contributed by atoms with van der Waals surface area (Å²) in [7, 11) is 0. The minimum absolute atomic E-state index is 0.0731. The van der Waals surface area contributed by atoms with Gasteiger partial charge in [-0.2, -0.15) is 13.2 Å². The maximum Gasteiger partial charge on any atom is 0.420 e. The number of ether oxygens (including phenoxy) is 1. The predicted octanol–water partition coefficient (Wildman–Crippen LogP) is 3.83. The average molecular weight is 419 g/mol. The van der Waals surface area contributed by atoms with Crippen LogP contribution in [0.5, 0.6) is 11.5 Å². The zero-order valence-corrected chi connectivity index (χ0v) is 15.4. The number of carboxylic acids is 1. The Bertz CT molecular complexity index is 1120. The molecule has 0 spiro atoms. The Morgan fingerprint density at radius 1 is 1.10 bits per heavy atom. The summed E-state index contributed by atoms with van der Waals surface area (Å²) in [5.74, 6) is -2.22. The van der Waals surface area contributed by atoms with Gasteiger partial charge in [0.15, 0.2) is 5.75 Å². The topological polar surface area (TPSA) is 115 Å². The molecule has 1 aromatic heterocycles. The van der Waals surface area contributed by atoms with E-state index < -0.39 is 29.4 Å². The van der Waals surface area contributed by atoms with Crippen LogP contribution in [0.1, 0.15) is 22.3 Å². The second-order valence-corrected chi connectivity index (χ2v) is 6.27. The number of aromatic nitrogens is 1. The summed E-state index contributed by atoms with van der Waals surface area (Å²) < 4.78 is 46.3. The molecule has 0 unspecified atom stereocenters. The van der Waals surface area contributed by atoms with Gasteiger partial charge in [-0.05, 0) is 36.4 Å². The van der Waals surface area contributed by atoms with Gasteiger partial charge in [0.2, 0.25) is 0 Å². The van der Waals surface area contributed by atoms with E-state index in [0.29, 0.717) is 17.0 Å². The number of pyridine rings is 1. The summed E-state index contributed by atoms with van der Waals surface area (Å²) in [6, 6.07) is 10.8. The summed E-state index contributed by atoms with van der Waals surface area (Å²) in [4.78, 5) is 26.7. The Balaban J connectivity index is 1.95. The van der Waals surface area contributed by atoms with Crippen molar-refractivity contribution in [1.82, 2.24) is 10.3 Å². The number of para-hydroxylation sites is 1. The first-order chi connectivity index (χ1) is 14.1. The van der Waals surface area contributed by atoms with Crippen LogP contribution < -0.4 is 15.8 Å². The number of nitrogens with two attached hydrogens (primary N) is 1. The van der Waals surface area contributed by atoms with Gasteiger partial charge in [0.1, 0.15) is 17.1 Å². The molecular formula is C20H16F3N3O4. The highest BCUT2D eigenvalue weighted by Gasteiger charge is 2.35. The van der Waals surface area contributed by atoms with Crippen molar-refractivity contribution in [1.29, 1.82) is 0 Å². The first kappa shape index (κ1) is 20.9. The number of hydrogen-bond donors (Lipinski definition) is 3. The minimum atomic E-state index is -4.80. The van der Waals surface area contributed by atoms with Crippen LogP contribution in [0.15, 0.2) is 48.5 Å². The standard InChI is InChI=1S/C20H16F3N3O4/c21-20(22,23)13-10-12(19(29)25-9-8-17(27)28)4-6-14(13)30-15-3-1-2-11-5-7-16(24)26-18(11)15/h1-7,10H,8-9H2,(H2,24,26)(H,25,29)(H,27,28). The first-order valence-electron chi connectivity index (χ1n) is 8.69. The van der Waals surface area contributed by atoms with Crippen molar-refractivity contribution in [2.45, 2.75) is 12.6 Å². The number of aliphatic carboxylic acids is 1. The third kappa shape index (κ3) is 4.77. The van der Waals surface area contributed by atoms with Gasteiger partial charge >= 0.3 is 12.1 Å². The highest BCUT2D eigenvalue weighted by Crippen LogP contribution is 2.40. The quantitative estimate of drug-likeness (QED) is 0.559. The number of carboxylic acid groups (broad SMARTS) is 1. The molecule has 7 nitrogen and oxygen atoms in total. The molecule has 0 radical (unpaired) electrons. The van der Waals surface area contributed by atoms with E-state index in [1.807, 2.05) is 0 Å². The van der Waals surface area contributed by atoms with Crippen molar-refractivity contribution < 1.29 is 32.6 Å². The van der Waals surface area contributed by atoms with Crippen LogP contribution in [0.3, 0.4) is 0 Å². The number of carbonyl (C=O) groups excluding carboxylic acids is 1. The van der Waals surface area contributed by atoms with Gasteiger partial charge in [-0.3, -0.25) is 9.59 Å². The summed E-state index contributed by atoms with van der Waals surface area (Å²) in [5, 5.41) is 11.5. The van der Waals surface area contributed by atoms with E-state index in [0.717, 1.165) is 12.1 Å². The molecule has 0 saturated heterocycles. The summed E-state index contributed by atoms with van der Waals surface area (Å²) in [5.41, 5.74) is 4.53. The number of benzene rings is 2. The lowest BCUT2D eigenvalue weighted by Gasteiger charge is -2.16. The van der Waals surface area contributed by atoms with E-state index >= 15 is 0 Å². The highest BCUT2D eigenvalue weighted by atomic mass is 19.4. The summed E-state index contributed by atoms with van der Waals surface area (Å²) >= 11 is 0. The van der Waals surface area contributed by atoms with Gasteiger partial charge < -0.3 is 20.9 Å². The average Bonchev–Trinajstić information content (AvgIpc) is 2.67. The number of anilines is 1. The number of hydrogen-bond acceptors (Lipinski definition) is 5. The Morgan fingerprint density at radius 3 is 2.57 bits per heavy atom. The molecule has 30 heavy (non-hydrogen) atoms. The summed E-state index contributed by atoms with van der Waals surface area (Å²) in [6.45, 7) is -0.211. The molecule has 3 aromatic rings. The molecule has 0 aliphatic heterocycles. The molecule has 1 heterocycles. The van der Waals surface area contributed by atoms with Crippen molar-refractivity contribution in [3.8, 4) is 11.5 Å². The normalized spacial score (nSPS) is 11.3. The fourth-order valence-corrected chi connectivity index (χ4v) is 2.70. The molecule has 0 fully saturated rings. The number of nitrogens with zero attached hydrogens (tertiary/aromatic N) is 1. The van der Waals surface area contributed by atoms with E-state index in [1.165, 1.54) is 6.07 Å². The van der Waals surface area contributed by atoms with E-state index in [2.05, 4.69) is 10.3 Å². The van der Waals surface area contributed by atoms with Gasteiger partial charge in [-0.15, -0.1) is 0 Å². The smallest absolute Gasteiger partial charge is 0.420 e. The molecule has 4 N–H and O–H groups in total. The van der Waals surface area contributed by atoms with E-state index in [9.17, 15) is 22.8 Å². The number of nitrogen functional groups attached to an aromatic ring is 1. The monoisotopic (exact) mass is 419 g/mol. The third-order valence-electron chi connectivity index (χ3n) is 4.10. The highest BCUT2D eigenvalue weighted by molar-refractivity contribution is 5.95.